The quantitative estimate of drug-likeness (QED) is 0.552. The third-order valence-corrected chi connectivity index (χ3v) is 5.53. The zero-order valence-electron chi connectivity index (χ0n) is 9.39. The van der Waals surface area contributed by atoms with Crippen molar-refractivity contribution >= 4 is 48.7 Å². The van der Waals surface area contributed by atoms with Crippen LogP contribution < -0.4 is 11.3 Å². The Morgan fingerprint density at radius 1 is 1.17 bits per heavy atom. The van der Waals surface area contributed by atoms with Gasteiger partial charge in [0, 0.05) is 9.58 Å². The highest BCUT2D eigenvalue weighted by molar-refractivity contribution is 9.11. The van der Waals surface area contributed by atoms with E-state index in [0.717, 1.165) is 3.79 Å². The van der Waals surface area contributed by atoms with Crippen molar-refractivity contribution in [3.05, 3.63) is 56.0 Å². The second-order valence-corrected chi connectivity index (χ2v) is 7.34. The van der Waals surface area contributed by atoms with Gasteiger partial charge in [-0.25, -0.2) is 5.43 Å². The van der Waals surface area contributed by atoms with Gasteiger partial charge in [0.05, 0.1) is 9.83 Å². The summed E-state index contributed by atoms with van der Waals surface area (Å²) in [5, 5.41) is 3.39. The van der Waals surface area contributed by atoms with E-state index in [1.165, 1.54) is 20.5 Å². The van der Waals surface area contributed by atoms with Crippen molar-refractivity contribution in [2.75, 3.05) is 0 Å². The van der Waals surface area contributed by atoms with Gasteiger partial charge in [0.15, 0.2) is 0 Å². The molecule has 0 fully saturated rings. The molecule has 0 amide bonds. The Kier molecular flexibility index (Phi) is 3.50. The van der Waals surface area contributed by atoms with Gasteiger partial charge in [-0.1, -0.05) is 18.2 Å². The Hall–Kier alpha value is -0.720. The van der Waals surface area contributed by atoms with Gasteiger partial charge in [-0.15, -0.1) is 22.7 Å². The number of fused-ring (bicyclic) bond motifs is 1. The number of benzene rings is 1. The largest absolute Gasteiger partial charge is 0.271 e. The van der Waals surface area contributed by atoms with Gasteiger partial charge in [-0.2, -0.15) is 0 Å². The first kappa shape index (κ1) is 12.3. The summed E-state index contributed by atoms with van der Waals surface area (Å²) in [6.07, 6.45) is 0. The topological polar surface area (TPSA) is 38.0 Å². The third kappa shape index (κ3) is 2.13. The van der Waals surface area contributed by atoms with E-state index in [1.807, 2.05) is 0 Å². The van der Waals surface area contributed by atoms with E-state index >= 15 is 0 Å². The average molecular weight is 339 g/mol. The number of hydrogen-bond donors (Lipinski definition) is 2. The Morgan fingerprint density at radius 2 is 2.06 bits per heavy atom. The molecule has 0 saturated carbocycles. The fraction of sp³-hybridized carbons (Fsp3) is 0.0769. The molecule has 0 saturated heterocycles. The number of thiophene rings is 2. The van der Waals surface area contributed by atoms with Crippen molar-refractivity contribution in [2.45, 2.75) is 6.04 Å². The predicted octanol–water partition coefficient (Wildman–Crippen LogP) is 4.28. The van der Waals surface area contributed by atoms with E-state index in [2.05, 4.69) is 63.1 Å². The molecule has 1 aromatic carbocycles. The normalized spacial score (nSPS) is 13.0. The molecule has 1 atom stereocenters. The maximum Gasteiger partial charge on any atom is 0.0816 e. The highest BCUT2D eigenvalue weighted by atomic mass is 79.9. The number of nitrogens with one attached hydrogen (secondary N) is 1. The van der Waals surface area contributed by atoms with Crippen LogP contribution in [0.1, 0.15) is 16.5 Å². The van der Waals surface area contributed by atoms with Gasteiger partial charge in [0.2, 0.25) is 0 Å². The first-order chi connectivity index (χ1) is 8.79. The molecule has 2 heterocycles. The van der Waals surface area contributed by atoms with Crippen LogP contribution in [0.3, 0.4) is 0 Å². The predicted molar refractivity (Wildman–Crippen MR) is 83.0 cm³/mol. The van der Waals surface area contributed by atoms with E-state index in [0.29, 0.717) is 0 Å². The SMILES string of the molecule is NNC(c1ccc(Br)s1)c1cccc2ccsc12. The van der Waals surface area contributed by atoms with Crippen LogP contribution in [0.2, 0.25) is 0 Å². The van der Waals surface area contributed by atoms with Crippen molar-refractivity contribution in [1.82, 2.24) is 5.43 Å². The maximum atomic E-state index is 5.75. The van der Waals surface area contributed by atoms with E-state index in [9.17, 15) is 0 Å². The van der Waals surface area contributed by atoms with Crippen LogP contribution in [0.5, 0.6) is 0 Å². The Labute approximate surface area is 122 Å². The summed E-state index contributed by atoms with van der Waals surface area (Å²) in [7, 11) is 0. The monoisotopic (exact) mass is 338 g/mol. The van der Waals surface area contributed by atoms with E-state index < -0.39 is 0 Å². The molecule has 5 heteroatoms. The highest BCUT2D eigenvalue weighted by Crippen LogP contribution is 2.35. The fourth-order valence-corrected chi connectivity index (χ4v) is 4.50. The third-order valence-electron chi connectivity index (χ3n) is 2.87. The number of nitrogens with two attached hydrogens (primary N) is 1. The van der Waals surface area contributed by atoms with Crippen molar-refractivity contribution in [3.63, 3.8) is 0 Å². The van der Waals surface area contributed by atoms with Crippen LogP contribution in [0, 0.1) is 0 Å². The van der Waals surface area contributed by atoms with Crippen molar-refractivity contribution in [1.29, 1.82) is 0 Å². The van der Waals surface area contributed by atoms with E-state index in [-0.39, 0.29) is 6.04 Å². The number of halogens is 1. The van der Waals surface area contributed by atoms with Crippen LogP contribution in [-0.2, 0) is 0 Å². The molecule has 0 bridgehead atoms. The second-order valence-electron chi connectivity index (χ2n) is 3.93. The van der Waals surface area contributed by atoms with Gasteiger partial charge in [-0.05, 0) is 50.5 Å². The first-order valence-electron chi connectivity index (χ1n) is 5.47. The molecular weight excluding hydrogens is 328 g/mol. The lowest BCUT2D eigenvalue weighted by Gasteiger charge is -2.15. The summed E-state index contributed by atoms with van der Waals surface area (Å²) < 4.78 is 2.42. The minimum Gasteiger partial charge on any atom is -0.271 e. The van der Waals surface area contributed by atoms with Crippen LogP contribution in [0.25, 0.3) is 10.1 Å². The van der Waals surface area contributed by atoms with E-state index in [4.69, 9.17) is 5.84 Å². The minimum absolute atomic E-state index is 0.0450. The smallest absolute Gasteiger partial charge is 0.0816 e. The van der Waals surface area contributed by atoms with Gasteiger partial charge in [0.25, 0.3) is 0 Å². The molecule has 0 radical (unpaired) electrons. The molecule has 0 aliphatic heterocycles. The van der Waals surface area contributed by atoms with Gasteiger partial charge < -0.3 is 0 Å². The standard InChI is InChI=1S/C13H11BrN2S2/c14-11-5-4-10(18-11)12(16-15)9-3-1-2-8-6-7-17-13(8)9/h1-7,12,16H,15H2. The minimum atomic E-state index is 0.0450. The zero-order chi connectivity index (χ0) is 12.5. The summed E-state index contributed by atoms with van der Waals surface area (Å²) in [6.45, 7) is 0. The average Bonchev–Trinajstić information content (AvgIpc) is 2.99. The summed E-state index contributed by atoms with van der Waals surface area (Å²) in [4.78, 5) is 1.21. The van der Waals surface area contributed by atoms with Crippen LogP contribution in [-0.4, -0.2) is 0 Å². The molecule has 2 nitrogen and oxygen atoms in total. The van der Waals surface area contributed by atoms with Crippen LogP contribution >= 0.6 is 38.6 Å². The first-order valence-corrected chi connectivity index (χ1v) is 7.96. The van der Waals surface area contributed by atoms with Gasteiger partial charge in [-0.3, -0.25) is 5.84 Å². The molecular formula is C13H11BrN2S2. The fourth-order valence-electron chi connectivity index (χ4n) is 2.05. The van der Waals surface area contributed by atoms with Crippen molar-refractivity contribution in [3.8, 4) is 0 Å². The lowest BCUT2D eigenvalue weighted by molar-refractivity contribution is 0.651. The van der Waals surface area contributed by atoms with Crippen molar-refractivity contribution < 1.29 is 0 Å². The van der Waals surface area contributed by atoms with Crippen LogP contribution in [0.4, 0.5) is 0 Å². The zero-order valence-corrected chi connectivity index (χ0v) is 12.6. The van der Waals surface area contributed by atoms with E-state index in [1.54, 1.807) is 22.7 Å². The molecule has 0 aliphatic rings. The summed E-state index contributed by atoms with van der Waals surface area (Å²) in [6, 6.07) is 12.7. The molecule has 0 aliphatic carbocycles. The number of hydrazine groups is 1. The summed E-state index contributed by atoms with van der Waals surface area (Å²) >= 11 is 6.96. The molecule has 1 unspecified atom stereocenters. The molecule has 3 N–H and O–H groups in total. The lowest BCUT2D eigenvalue weighted by Crippen LogP contribution is -2.28. The van der Waals surface area contributed by atoms with Gasteiger partial charge >= 0.3 is 0 Å². The molecule has 3 rings (SSSR count). The molecule has 2 aromatic heterocycles. The van der Waals surface area contributed by atoms with Gasteiger partial charge in [0.1, 0.15) is 0 Å². The summed E-state index contributed by atoms with van der Waals surface area (Å²) in [5.74, 6) is 5.75. The molecule has 3 aromatic rings. The molecule has 92 valence electrons. The summed E-state index contributed by atoms with van der Waals surface area (Å²) in [5.41, 5.74) is 4.16. The highest BCUT2D eigenvalue weighted by Gasteiger charge is 2.17. The Balaban J connectivity index is 2.14. The lowest BCUT2D eigenvalue weighted by atomic mass is 10.0. The second kappa shape index (κ2) is 5.11. The number of hydrogen-bond acceptors (Lipinski definition) is 4. The Morgan fingerprint density at radius 3 is 2.78 bits per heavy atom. The molecule has 0 spiro atoms. The maximum absolute atomic E-state index is 5.75. The van der Waals surface area contributed by atoms with Crippen molar-refractivity contribution in [2.24, 2.45) is 5.84 Å². The Bertz CT molecular complexity index is 674. The van der Waals surface area contributed by atoms with Crippen LogP contribution in [0.15, 0.2) is 45.6 Å². The molecule has 18 heavy (non-hydrogen) atoms. The number of rotatable bonds is 3.